The van der Waals surface area contributed by atoms with E-state index in [1.165, 1.54) is 47.4 Å². The number of carbonyl (C=O) groups excluding carboxylic acids is 1. The summed E-state index contributed by atoms with van der Waals surface area (Å²) in [5, 5.41) is 14.6. The topological polar surface area (TPSA) is 113 Å². The average molecular weight is 726 g/mol. The van der Waals surface area contributed by atoms with Gasteiger partial charge in [-0.05, 0) is 43.3 Å². The lowest BCUT2D eigenvalue weighted by Gasteiger charge is -2.38. The number of carbonyl (C=O) groups is 1. The van der Waals surface area contributed by atoms with Crippen LogP contribution in [0.25, 0.3) is 0 Å². The Morgan fingerprint density at radius 3 is 2.46 bits per heavy atom. The maximum Gasteiger partial charge on any atom is 0.311 e. The predicted molar refractivity (Wildman–Crippen MR) is 179 cm³/mol. The van der Waals surface area contributed by atoms with E-state index in [4.69, 9.17) is 26.1 Å². The molecule has 0 unspecified atom stereocenters. The molecular formula is C31H36BrClF2N6O5. The molecule has 1 aliphatic rings. The fraction of sp³-hybridized carbons (Fsp3) is 0.355. The zero-order valence-electron chi connectivity index (χ0n) is 25.7. The highest BCUT2D eigenvalue weighted by molar-refractivity contribution is 8.93. The SMILES string of the molecule is Br.CCOc1cc(N2CCN(C(=NCc3cc(F)ccc3Oc3ccc(F)c(Cl)c3)NCCC(=O)N(C)C)CC2)ccc1[N+](=O)[O-]. The van der Waals surface area contributed by atoms with Crippen molar-refractivity contribution < 1.29 is 28.0 Å². The van der Waals surface area contributed by atoms with Gasteiger partial charge in [-0.25, -0.2) is 13.8 Å². The number of rotatable bonds is 11. The average Bonchev–Trinajstić information content (AvgIpc) is 3.01. The second-order valence-corrected chi connectivity index (χ2v) is 10.8. The van der Waals surface area contributed by atoms with E-state index in [9.17, 15) is 23.7 Å². The van der Waals surface area contributed by atoms with E-state index in [0.29, 0.717) is 56.6 Å². The molecule has 248 valence electrons. The molecule has 15 heteroatoms. The van der Waals surface area contributed by atoms with Gasteiger partial charge in [-0.15, -0.1) is 17.0 Å². The minimum atomic E-state index is -0.584. The maximum absolute atomic E-state index is 14.3. The molecule has 0 atom stereocenters. The second kappa shape index (κ2) is 16.9. The van der Waals surface area contributed by atoms with Crippen LogP contribution in [-0.4, -0.2) is 80.0 Å². The molecule has 1 aliphatic heterocycles. The summed E-state index contributed by atoms with van der Waals surface area (Å²) in [7, 11) is 3.37. The molecular weight excluding hydrogens is 690 g/mol. The highest BCUT2D eigenvalue weighted by Gasteiger charge is 2.23. The Labute approximate surface area is 281 Å². The number of benzene rings is 3. The molecule has 0 aromatic heterocycles. The van der Waals surface area contributed by atoms with Gasteiger partial charge < -0.3 is 29.5 Å². The Morgan fingerprint density at radius 2 is 1.80 bits per heavy atom. The highest BCUT2D eigenvalue weighted by atomic mass is 79.9. The van der Waals surface area contributed by atoms with Crippen LogP contribution in [0.2, 0.25) is 5.02 Å². The first-order valence-corrected chi connectivity index (χ1v) is 14.7. The normalized spacial score (nSPS) is 13.1. The summed E-state index contributed by atoms with van der Waals surface area (Å²) in [6, 6.07) is 12.8. The number of halogens is 4. The van der Waals surface area contributed by atoms with Gasteiger partial charge >= 0.3 is 5.69 Å². The van der Waals surface area contributed by atoms with Crippen LogP contribution < -0.4 is 19.7 Å². The van der Waals surface area contributed by atoms with Crippen molar-refractivity contribution in [3.8, 4) is 17.2 Å². The number of piperazine rings is 1. The minimum Gasteiger partial charge on any atom is -0.487 e. The summed E-state index contributed by atoms with van der Waals surface area (Å²) >= 11 is 5.90. The molecule has 1 heterocycles. The van der Waals surface area contributed by atoms with E-state index in [0.717, 1.165) is 5.69 Å². The molecule has 1 amide bonds. The monoisotopic (exact) mass is 724 g/mol. The summed E-state index contributed by atoms with van der Waals surface area (Å²) in [4.78, 5) is 33.5. The first-order chi connectivity index (χ1) is 21.5. The number of nitrogens with one attached hydrogen (secondary N) is 1. The molecule has 0 bridgehead atoms. The van der Waals surface area contributed by atoms with E-state index in [1.54, 1.807) is 33.2 Å². The molecule has 1 saturated heterocycles. The van der Waals surface area contributed by atoms with Crippen LogP contribution in [-0.2, 0) is 11.3 Å². The number of ether oxygens (including phenoxy) is 2. The molecule has 0 radical (unpaired) electrons. The van der Waals surface area contributed by atoms with Gasteiger partial charge in [-0.3, -0.25) is 14.9 Å². The number of anilines is 1. The number of nitro benzene ring substituents is 1. The minimum absolute atomic E-state index is 0. The van der Waals surface area contributed by atoms with Gasteiger partial charge in [0.15, 0.2) is 11.7 Å². The fourth-order valence-corrected chi connectivity index (χ4v) is 4.84. The molecule has 0 aliphatic carbocycles. The molecule has 0 saturated carbocycles. The van der Waals surface area contributed by atoms with Crippen molar-refractivity contribution in [2.75, 3.05) is 58.3 Å². The zero-order chi connectivity index (χ0) is 32.5. The third kappa shape index (κ3) is 9.66. The second-order valence-electron chi connectivity index (χ2n) is 10.4. The number of hydrogen-bond acceptors (Lipinski definition) is 7. The molecule has 3 aromatic rings. The Morgan fingerprint density at radius 1 is 1.07 bits per heavy atom. The highest BCUT2D eigenvalue weighted by Crippen LogP contribution is 2.33. The van der Waals surface area contributed by atoms with Crippen LogP contribution in [0.15, 0.2) is 59.6 Å². The van der Waals surface area contributed by atoms with Crippen molar-refractivity contribution in [1.29, 1.82) is 0 Å². The smallest absolute Gasteiger partial charge is 0.311 e. The lowest BCUT2D eigenvalue weighted by atomic mass is 10.2. The molecule has 11 nitrogen and oxygen atoms in total. The van der Waals surface area contributed by atoms with Crippen molar-refractivity contribution in [3.05, 3.63) is 86.9 Å². The van der Waals surface area contributed by atoms with Crippen LogP contribution in [0.5, 0.6) is 17.2 Å². The number of amides is 1. The zero-order valence-corrected chi connectivity index (χ0v) is 28.1. The van der Waals surface area contributed by atoms with Crippen molar-refractivity contribution in [2.45, 2.75) is 19.9 Å². The Kier molecular flexibility index (Phi) is 13.4. The number of nitrogens with zero attached hydrogens (tertiary/aromatic N) is 5. The van der Waals surface area contributed by atoms with Crippen LogP contribution in [0.1, 0.15) is 18.9 Å². The Balaban J connectivity index is 0.00000576. The first kappa shape index (κ1) is 36.3. The third-order valence-corrected chi connectivity index (χ3v) is 7.34. The summed E-state index contributed by atoms with van der Waals surface area (Å²) in [6.07, 6.45) is 0.245. The standard InChI is InChI=1S/C31H35ClF2N6O5.BrH/c1-4-44-29-18-23(6-9-27(29)40(42)43)38-13-15-39(16-14-38)31(35-12-11-30(41)37(2)3)36-20-21-17-22(33)5-10-28(21)45-24-7-8-26(34)25(32)19-24;/h5-10,17-19H,4,11-16,20H2,1-3H3,(H,35,36);1H. The van der Waals surface area contributed by atoms with Crippen molar-refractivity contribution in [1.82, 2.24) is 15.1 Å². The van der Waals surface area contributed by atoms with Gasteiger partial charge in [0.05, 0.1) is 23.1 Å². The van der Waals surface area contributed by atoms with Crippen LogP contribution in [0, 0.1) is 21.7 Å². The van der Waals surface area contributed by atoms with Gasteiger partial charge in [0.25, 0.3) is 0 Å². The largest absolute Gasteiger partial charge is 0.487 e. The van der Waals surface area contributed by atoms with Gasteiger partial charge in [-0.1, -0.05) is 11.6 Å². The van der Waals surface area contributed by atoms with E-state index in [1.807, 2.05) is 4.90 Å². The number of hydrogen-bond donors (Lipinski definition) is 1. The van der Waals surface area contributed by atoms with Crippen molar-refractivity contribution in [2.24, 2.45) is 4.99 Å². The van der Waals surface area contributed by atoms with E-state index < -0.39 is 16.6 Å². The molecule has 1 N–H and O–H groups in total. The number of nitro groups is 1. The van der Waals surface area contributed by atoms with E-state index >= 15 is 0 Å². The van der Waals surface area contributed by atoms with Gasteiger partial charge in [0.1, 0.15) is 23.1 Å². The predicted octanol–water partition coefficient (Wildman–Crippen LogP) is 6.04. The quantitative estimate of drug-likeness (QED) is 0.110. The molecule has 3 aromatic carbocycles. The van der Waals surface area contributed by atoms with Crippen LogP contribution in [0.4, 0.5) is 20.2 Å². The van der Waals surface area contributed by atoms with Gasteiger partial charge in [0.2, 0.25) is 5.91 Å². The van der Waals surface area contributed by atoms with E-state index in [-0.39, 0.29) is 58.1 Å². The van der Waals surface area contributed by atoms with Crippen LogP contribution >= 0.6 is 28.6 Å². The first-order valence-electron chi connectivity index (χ1n) is 14.4. The summed E-state index contributed by atoms with van der Waals surface area (Å²) < 4.78 is 39.4. The Hall–Kier alpha value is -4.17. The summed E-state index contributed by atoms with van der Waals surface area (Å²) in [6.45, 7) is 4.72. The van der Waals surface area contributed by atoms with Gasteiger partial charge in [-0.2, -0.15) is 0 Å². The van der Waals surface area contributed by atoms with Crippen molar-refractivity contribution in [3.63, 3.8) is 0 Å². The van der Waals surface area contributed by atoms with Crippen molar-refractivity contribution >= 4 is 51.8 Å². The third-order valence-electron chi connectivity index (χ3n) is 7.05. The lowest BCUT2D eigenvalue weighted by Crippen LogP contribution is -2.53. The molecule has 46 heavy (non-hydrogen) atoms. The summed E-state index contributed by atoms with van der Waals surface area (Å²) in [5.41, 5.74) is 1.16. The van der Waals surface area contributed by atoms with Gasteiger partial charge in [0, 0.05) is 82.7 Å². The Bertz CT molecular complexity index is 1560. The molecule has 4 rings (SSSR count). The lowest BCUT2D eigenvalue weighted by molar-refractivity contribution is -0.385. The maximum atomic E-state index is 14.3. The van der Waals surface area contributed by atoms with Crippen LogP contribution in [0.3, 0.4) is 0 Å². The number of aliphatic imine (C=N–C) groups is 1. The van der Waals surface area contributed by atoms with E-state index in [2.05, 4.69) is 10.2 Å². The molecule has 1 fully saturated rings. The fourth-order valence-electron chi connectivity index (χ4n) is 4.67. The molecule has 0 spiro atoms. The summed E-state index contributed by atoms with van der Waals surface area (Å²) in [5.74, 6) is 0.257. The number of guanidine groups is 1.